The third-order valence-corrected chi connectivity index (χ3v) is 5.57. The molecule has 11 heteroatoms. The first-order chi connectivity index (χ1) is 15.7. The molecule has 1 aliphatic rings. The number of nitrogens with one attached hydrogen (secondary N) is 2. The van der Waals surface area contributed by atoms with Crippen LogP contribution in [-0.4, -0.2) is 66.3 Å². The zero-order valence-electron chi connectivity index (χ0n) is 17.7. The van der Waals surface area contributed by atoms with E-state index in [9.17, 15) is 27.6 Å². The van der Waals surface area contributed by atoms with E-state index in [4.69, 9.17) is 11.6 Å². The van der Waals surface area contributed by atoms with Gasteiger partial charge in [-0.3, -0.25) is 19.3 Å². The summed E-state index contributed by atoms with van der Waals surface area (Å²) >= 11 is 5.94. The molecule has 0 spiro atoms. The van der Waals surface area contributed by atoms with Crippen LogP contribution in [0.15, 0.2) is 36.4 Å². The van der Waals surface area contributed by atoms with E-state index in [-0.39, 0.29) is 5.91 Å². The highest BCUT2D eigenvalue weighted by Crippen LogP contribution is 2.19. The molecule has 3 rings (SSSR count). The minimum Gasteiger partial charge on any atom is -0.346 e. The van der Waals surface area contributed by atoms with Gasteiger partial charge < -0.3 is 15.5 Å². The van der Waals surface area contributed by atoms with Gasteiger partial charge in [-0.15, -0.1) is 0 Å². The molecule has 2 aromatic carbocycles. The largest absolute Gasteiger partial charge is 0.346 e. The van der Waals surface area contributed by atoms with Crippen LogP contribution in [-0.2, 0) is 9.59 Å². The van der Waals surface area contributed by atoms with Crippen molar-refractivity contribution in [1.82, 2.24) is 15.1 Å². The summed E-state index contributed by atoms with van der Waals surface area (Å²) in [7, 11) is 0. The highest BCUT2D eigenvalue weighted by atomic mass is 35.5. The normalized spacial score (nSPS) is 15.1. The van der Waals surface area contributed by atoms with Crippen molar-refractivity contribution in [2.75, 3.05) is 38.0 Å². The number of hydrogen-bond acceptors (Lipinski definition) is 4. The number of benzene rings is 2. The standard InChI is InChI=1S/C22H22ClF3N4O3/c1-13(21(32)27-12-18(31)28-17-6-5-16(24)19(25)20(17)26)29-7-9-30(10-8-29)22(33)14-3-2-4-15(23)11-14/h2-6,11,13H,7-10,12H2,1H3,(H,27,32)(H,28,31). The van der Waals surface area contributed by atoms with E-state index in [1.165, 1.54) is 0 Å². The third-order valence-electron chi connectivity index (χ3n) is 5.33. The Morgan fingerprint density at radius 3 is 2.39 bits per heavy atom. The number of carbonyl (C=O) groups is 3. The highest BCUT2D eigenvalue weighted by Gasteiger charge is 2.28. The Hall–Kier alpha value is -3.11. The molecule has 3 amide bonds. The van der Waals surface area contributed by atoms with E-state index < -0.39 is 47.5 Å². The second-order valence-corrected chi connectivity index (χ2v) is 7.94. The zero-order valence-corrected chi connectivity index (χ0v) is 18.5. The van der Waals surface area contributed by atoms with E-state index >= 15 is 0 Å². The molecule has 33 heavy (non-hydrogen) atoms. The van der Waals surface area contributed by atoms with E-state index in [0.717, 1.165) is 6.07 Å². The summed E-state index contributed by atoms with van der Waals surface area (Å²) in [6.07, 6.45) is 0. The summed E-state index contributed by atoms with van der Waals surface area (Å²) in [6.45, 7) is 2.92. The highest BCUT2D eigenvalue weighted by molar-refractivity contribution is 6.30. The van der Waals surface area contributed by atoms with Crippen LogP contribution in [0, 0.1) is 17.5 Å². The number of amides is 3. The third kappa shape index (κ3) is 6.02. The van der Waals surface area contributed by atoms with Crippen LogP contribution < -0.4 is 10.6 Å². The molecule has 1 fully saturated rings. The van der Waals surface area contributed by atoms with Gasteiger partial charge in [-0.2, -0.15) is 0 Å². The summed E-state index contributed by atoms with van der Waals surface area (Å²) < 4.78 is 39.9. The molecule has 1 saturated heterocycles. The molecule has 0 radical (unpaired) electrons. The molecule has 1 aliphatic heterocycles. The summed E-state index contributed by atoms with van der Waals surface area (Å²) in [5.74, 6) is -5.97. The fraction of sp³-hybridized carbons (Fsp3) is 0.318. The van der Waals surface area contributed by atoms with Crippen molar-refractivity contribution in [2.45, 2.75) is 13.0 Å². The lowest BCUT2D eigenvalue weighted by Gasteiger charge is -2.37. The van der Waals surface area contributed by atoms with Crippen LogP contribution >= 0.6 is 11.6 Å². The minimum absolute atomic E-state index is 0.143. The predicted molar refractivity (Wildman–Crippen MR) is 116 cm³/mol. The van der Waals surface area contributed by atoms with Crippen molar-refractivity contribution < 1.29 is 27.6 Å². The SMILES string of the molecule is CC(C(=O)NCC(=O)Nc1ccc(F)c(F)c1F)N1CCN(C(=O)c2cccc(Cl)c2)CC1. The van der Waals surface area contributed by atoms with Gasteiger partial charge in [-0.1, -0.05) is 17.7 Å². The molecule has 2 aromatic rings. The van der Waals surface area contributed by atoms with E-state index in [2.05, 4.69) is 10.6 Å². The van der Waals surface area contributed by atoms with Gasteiger partial charge in [0.2, 0.25) is 11.8 Å². The van der Waals surface area contributed by atoms with Gasteiger partial charge in [-0.25, -0.2) is 13.2 Å². The second kappa shape index (κ2) is 10.7. The summed E-state index contributed by atoms with van der Waals surface area (Å²) in [6, 6.07) is 7.67. The Bertz CT molecular complexity index is 1060. The van der Waals surface area contributed by atoms with E-state index in [0.29, 0.717) is 42.8 Å². The Kier molecular flexibility index (Phi) is 7.93. The van der Waals surface area contributed by atoms with Crippen molar-refractivity contribution >= 4 is 35.0 Å². The number of nitrogens with zero attached hydrogens (tertiary/aromatic N) is 2. The molecular formula is C22H22ClF3N4O3. The number of hydrogen-bond donors (Lipinski definition) is 2. The van der Waals surface area contributed by atoms with Gasteiger partial charge in [-0.05, 0) is 37.3 Å². The molecule has 0 bridgehead atoms. The first-order valence-corrected chi connectivity index (χ1v) is 10.5. The Balaban J connectivity index is 1.46. The maximum Gasteiger partial charge on any atom is 0.253 e. The number of piperazine rings is 1. The lowest BCUT2D eigenvalue weighted by Crippen LogP contribution is -2.55. The number of carbonyl (C=O) groups excluding carboxylic acids is 3. The van der Waals surface area contributed by atoms with Crippen LogP contribution in [0.2, 0.25) is 5.02 Å². The maximum atomic E-state index is 13.7. The molecule has 1 unspecified atom stereocenters. The van der Waals surface area contributed by atoms with Crippen LogP contribution in [0.1, 0.15) is 17.3 Å². The lowest BCUT2D eigenvalue weighted by atomic mass is 10.1. The fourth-order valence-electron chi connectivity index (χ4n) is 3.41. The molecule has 0 aromatic heterocycles. The van der Waals surface area contributed by atoms with Crippen LogP contribution in [0.4, 0.5) is 18.9 Å². The average Bonchev–Trinajstić information content (AvgIpc) is 2.82. The number of rotatable bonds is 6. The van der Waals surface area contributed by atoms with Crippen molar-refractivity contribution in [3.8, 4) is 0 Å². The summed E-state index contributed by atoms with van der Waals surface area (Å²) in [5.41, 5.74) is -0.0353. The van der Waals surface area contributed by atoms with Crippen molar-refractivity contribution in [3.63, 3.8) is 0 Å². The van der Waals surface area contributed by atoms with Crippen molar-refractivity contribution in [2.24, 2.45) is 0 Å². The minimum atomic E-state index is -1.70. The molecule has 0 aliphatic carbocycles. The Labute approximate surface area is 193 Å². The Morgan fingerprint density at radius 1 is 1.03 bits per heavy atom. The molecule has 1 atom stereocenters. The fourth-order valence-corrected chi connectivity index (χ4v) is 3.60. The van der Waals surface area contributed by atoms with Gasteiger partial charge in [0.15, 0.2) is 17.5 Å². The summed E-state index contributed by atoms with van der Waals surface area (Å²) in [4.78, 5) is 40.5. The first kappa shape index (κ1) is 24.5. The molecule has 176 valence electrons. The zero-order chi connectivity index (χ0) is 24.1. The molecular weight excluding hydrogens is 461 g/mol. The summed E-state index contributed by atoms with van der Waals surface area (Å²) in [5, 5.41) is 4.99. The molecule has 2 N–H and O–H groups in total. The van der Waals surface area contributed by atoms with Crippen LogP contribution in [0.3, 0.4) is 0 Å². The second-order valence-electron chi connectivity index (χ2n) is 7.50. The van der Waals surface area contributed by atoms with Gasteiger partial charge in [0.1, 0.15) is 0 Å². The van der Waals surface area contributed by atoms with Gasteiger partial charge in [0.25, 0.3) is 5.91 Å². The van der Waals surface area contributed by atoms with Crippen molar-refractivity contribution in [1.29, 1.82) is 0 Å². The number of anilines is 1. The van der Waals surface area contributed by atoms with E-state index in [1.54, 1.807) is 36.1 Å². The quantitative estimate of drug-likeness (QED) is 0.620. The van der Waals surface area contributed by atoms with Crippen LogP contribution in [0.25, 0.3) is 0 Å². The lowest BCUT2D eigenvalue weighted by molar-refractivity contribution is -0.128. The monoisotopic (exact) mass is 482 g/mol. The van der Waals surface area contributed by atoms with E-state index in [1.807, 2.05) is 4.90 Å². The molecule has 1 heterocycles. The predicted octanol–water partition coefficient (Wildman–Crippen LogP) is 2.66. The average molecular weight is 483 g/mol. The number of halogens is 4. The molecule has 0 saturated carbocycles. The van der Waals surface area contributed by atoms with Gasteiger partial charge in [0, 0.05) is 36.8 Å². The van der Waals surface area contributed by atoms with Crippen molar-refractivity contribution in [3.05, 3.63) is 64.4 Å². The maximum absolute atomic E-state index is 13.7. The molecule has 7 nitrogen and oxygen atoms in total. The first-order valence-electron chi connectivity index (χ1n) is 10.2. The smallest absolute Gasteiger partial charge is 0.253 e. The van der Waals surface area contributed by atoms with Gasteiger partial charge >= 0.3 is 0 Å². The Morgan fingerprint density at radius 2 is 1.73 bits per heavy atom. The van der Waals surface area contributed by atoms with Gasteiger partial charge in [0.05, 0.1) is 18.3 Å². The van der Waals surface area contributed by atoms with Crippen LogP contribution in [0.5, 0.6) is 0 Å². The topological polar surface area (TPSA) is 81.8 Å².